The quantitative estimate of drug-likeness (QED) is 0.869. The third-order valence-electron chi connectivity index (χ3n) is 3.61. The van der Waals surface area contributed by atoms with Crippen LogP contribution in [0.4, 0.5) is 4.79 Å². The summed E-state index contributed by atoms with van der Waals surface area (Å²) in [6, 6.07) is 6.27. The van der Waals surface area contributed by atoms with Crippen LogP contribution in [0.1, 0.15) is 43.9 Å². The number of benzene rings is 1. The number of amides is 1. The summed E-state index contributed by atoms with van der Waals surface area (Å²) in [5.74, 6) is 0. The largest absolute Gasteiger partial charge is 0.465 e. The maximum atomic E-state index is 11.4. The van der Waals surface area contributed by atoms with Crippen molar-refractivity contribution in [2.45, 2.75) is 52.1 Å². The summed E-state index contributed by atoms with van der Waals surface area (Å²) in [6.45, 7) is 6.29. The van der Waals surface area contributed by atoms with Crippen molar-refractivity contribution in [2.24, 2.45) is 0 Å². The Balaban J connectivity index is 2.28. The van der Waals surface area contributed by atoms with Gasteiger partial charge >= 0.3 is 6.09 Å². The van der Waals surface area contributed by atoms with Crippen molar-refractivity contribution in [3.05, 3.63) is 34.9 Å². The van der Waals surface area contributed by atoms with Crippen molar-refractivity contribution in [2.75, 3.05) is 0 Å². The van der Waals surface area contributed by atoms with E-state index < -0.39 is 6.09 Å². The molecule has 0 unspecified atom stereocenters. The molecule has 0 fully saturated rings. The monoisotopic (exact) mass is 247 g/mol. The molecule has 3 nitrogen and oxygen atoms in total. The molecular weight excluding hydrogens is 226 g/mol. The number of fused-ring (bicyclic) bond motifs is 1. The highest BCUT2D eigenvalue weighted by Crippen LogP contribution is 2.27. The van der Waals surface area contributed by atoms with Crippen LogP contribution in [0, 0.1) is 0 Å². The molecule has 98 valence electrons. The van der Waals surface area contributed by atoms with Crippen LogP contribution < -0.4 is 0 Å². The molecule has 0 aromatic heterocycles. The van der Waals surface area contributed by atoms with Crippen molar-refractivity contribution >= 4 is 6.09 Å². The van der Waals surface area contributed by atoms with Crippen molar-refractivity contribution < 1.29 is 9.90 Å². The van der Waals surface area contributed by atoms with Crippen LogP contribution in [0.15, 0.2) is 18.2 Å². The highest BCUT2D eigenvalue weighted by Gasteiger charge is 2.27. The number of hydrogen-bond donors (Lipinski definition) is 1. The van der Waals surface area contributed by atoms with E-state index in [9.17, 15) is 9.90 Å². The Hall–Kier alpha value is -1.51. The van der Waals surface area contributed by atoms with Gasteiger partial charge in [0.25, 0.3) is 0 Å². The van der Waals surface area contributed by atoms with E-state index in [-0.39, 0.29) is 5.54 Å². The summed E-state index contributed by atoms with van der Waals surface area (Å²) >= 11 is 0. The summed E-state index contributed by atoms with van der Waals surface area (Å²) in [6.07, 6.45) is 2.56. The Morgan fingerprint density at radius 3 is 2.67 bits per heavy atom. The third kappa shape index (κ3) is 2.50. The molecule has 0 saturated carbocycles. The molecule has 18 heavy (non-hydrogen) atoms. The minimum atomic E-state index is -0.849. The molecule has 0 atom stereocenters. The lowest BCUT2D eigenvalue weighted by atomic mass is 10.0. The molecule has 2 rings (SSSR count). The van der Waals surface area contributed by atoms with Gasteiger partial charge in [0, 0.05) is 12.1 Å². The standard InChI is InChI=1S/C15H21NO2/c1-15(2,3)16(14(17)18)10-12-8-4-6-11-7-5-9-13(11)12/h4,6,8H,5,7,9-10H2,1-3H3,(H,17,18). The molecule has 1 aromatic carbocycles. The second-order valence-corrected chi connectivity index (χ2v) is 5.95. The van der Waals surface area contributed by atoms with Crippen LogP contribution in [-0.2, 0) is 19.4 Å². The first-order valence-corrected chi connectivity index (χ1v) is 6.50. The van der Waals surface area contributed by atoms with Gasteiger partial charge in [-0.15, -0.1) is 0 Å². The minimum Gasteiger partial charge on any atom is -0.465 e. The van der Waals surface area contributed by atoms with Crippen LogP contribution in [-0.4, -0.2) is 21.6 Å². The van der Waals surface area contributed by atoms with E-state index in [1.54, 1.807) is 0 Å². The number of aryl methyl sites for hydroxylation is 1. The number of nitrogens with zero attached hydrogens (tertiary/aromatic N) is 1. The fourth-order valence-electron chi connectivity index (χ4n) is 2.61. The number of rotatable bonds is 2. The number of carbonyl (C=O) groups is 1. The predicted octanol–water partition coefficient (Wildman–Crippen LogP) is 3.45. The molecule has 1 aliphatic rings. The first-order chi connectivity index (χ1) is 8.39. The van der Waals surface area contributed by atoms with Crippen molar-refractivity contribution in [1.82, 2.24) is 4.90 Å². The second kappa shape index (κ2) is 4.63. The van der Waals surface area contributed by atoms with Gasteiger partial charge in [0.15, 0.2) is 0 Å². The first-order valence-electron chi connectivity index (χ1n) is 6.50. The van der Waals surface area contributed by atoms with Gasteiger partial charge in [0.05, 0.1) is 0 Å². The third-order valence-corrected chi connectivity index (χ3v) is 3.61. The minimum absolute atomic E-state index is 0.368. The lowest BCUT2D eigenvalue weighted by molar-refractivity contribution is 0.0954. The second-order valence-electron chi connectivity index (χ2n) is 5.95. The first kappa shape index (κ1) is 12.9. The summed E-state index contributed by atoms with van der Waals surface area (Å²) in [4.78, 5) is 12.9. The molecule has 0 saturated heterocycles. The Labute approximate surface area is 108 Å². The molecule has 0 heterocycles. The van der Waals surface area contributed by atoms with E-state index in [0.29, 0.717) is 6.54 Å². The maximum absolute atomic E-state index is 11.4. The predicted molar refractivity (Wildman–Crippen MR) is 71.8 cm³/mol. The molecular formula is C15H21NO2. The topological polar surface area (TPSA) is 40.5 Å². The van der Waals surface area contributed by atoms with Crippen molar-refractivity contribution in [3.63, 3.8) is 0 Å². The Kier molecular flexibility index (Phi) is 3.33. The lowest BCUT2D eigenvalue weighted by Gasteiger charge is -2.33. The van der Waals surface area contributed by atoms with Crippen LogP contribution in [0.3, 0.4) is 0 Å². The fraction of sp³-hybridized carbons (Fsp3) is 0.533. The van der Waals surface area contributed by atoms with Crippen molar-refractivity contribution in [1.29, 1.82) is 0 Å². The molecule has 0 aliphatic heterocycles. The Morgan fingerprint density at radius 2 is 2.06 bits per heavy atom. The summed E-state index contributed by atoms with van der Waals surface area (Å²) in [5, 5.41) is 9.34. The highest BCUT2D eigenvalue weighted by molar-refractivity contribution is 5.66. The van der Waals surface area contributed by atoms with Gasteiger partial charge in [0.1, 0.15) is 0 Å². The van der Waals surface area contributed by atoms with E-state index >= 15 is 0 Å². The van der Waals surface area contributed by atoms with Crippen LogP contribution in [0.25, 0.3) is 0 Å². The molecule has 1 aromatic rings. The van der Waals surface area contributed by atoms with Crippen LogP contribution in [0.5, 0.6) is 0 Å². The summed E-state index contributed by atoms with van der Waals surface area (Å²) in [7, 11) is 0. The van der Waals surface area contributed by atoms with E-state index in [0.717, 1.165) is 12.8 Å². The van der Waals surface area contributed by atoms with E-state index in [4.69, 9.17) is 0 Å². The van der Waals surface area contributed by atoms with Gasteiger partial charge in [-0.25, -0.2) is 4.79 Å². The summed E-state index contributed by atoms with van der Waals surface area (Å²) < 4.78 is 0. The van der Waals surface area contributed by atoms with Crippen LogP contribution >= 0.6 is 0 Å². The molecule has 0 spiro atoms. The molecule has 1 N–H and O–H groups in total. The van der Waals surface area contributed by atoms with Gasteiger partial charge in [0.2, 0.25) is 0 Å². The average Bonchev–Trinajstić information content (AvgIpc) is 2.72. The zero-order valence-electron chi connectivity index (χ0n) is 11.4. The average molecular weight is 247 g/mol. The van der Waals surface area contributed by atoms with E-state index in [1.807, 2.05) is 26.8 Å². The van der Waals surface area contributed by atoms with E-state index in [1.165, 1.54) is 28.0 Å². The molecule has 0 bridgehead atoms. The number of hydrogen-bond acceptors (Lipinski definition) is 1. The number of carboxylic acid groups (broad SMARTS) is 1. The van der Waals surface area contributed by atoms with Crippen LogP contribution in [0.2, 0.25) is 0 Å². The van der Waals surface area contributed by atoms with Gasteiger partial charge in [-0.3, -0.25) is 4.90 Å². The molecule has 0 radical (unpaired) electrons. The zero-order valence-corrected chi connectivity index (χ0v) is 11.4. The van der Waals surface area contributed by atoms with E-state index in [2.05, 4.69) is 12.1 Å². The normalized spacial score (nSPS) is 14.4. The van der Waals surface area contributed by atoms with Gasteiger partial charge in [-0.1, -0.05) is 18.2 Å². The molecule has 3 heteroatoms. The van der Waals surface area contributed by atoms with Gasteiger partial charge < -0.3 is 5.11 Å². The molecule has 1 amide bonds. The SMILES string of the molecule is CC(C)(C)N(Cc1cccc2c1CCC2)C(=O)O. The maximum Gasteiger partial charge on any atom is 0.408 e. The Morgan fingerprint density at radius 1 is 1.33 bits per heavy atom. The lowest BCUT2D eigenvalue weighted by Crippen LogP contribution is -2.44. The summed E-state index contributed by atoms with van der Waals surface area (Å²) in [5.41, 5.74) is 3.56. The fourth-order valence-corrected chi connectivity index (χ4v) is 2.61. The smallest absolute Gasteiger partial charge is 0.408 e. The van der Waals surface area contributed by atoms with Crippen molar-refractivity contribution in [3.8, 4) is 0 Å². The highest BCUT2D eigenvalue weighted by atomic mass is 16.4. The van der Waals surface area contributed by atoms with Gasteiger partial charge in [-0.05, 0) is 56.7 Å². The zero-order chi connectivity index (χ0) is 13.3. The Bertz CT molecular complexity index is 460. The van der Waals surface area contributed by atoms with Gasteiger partial charge in [-0.2, -0.15) is 0 Å². The molecule has 1 aliphatic carbocycles.